The predicted molar refractivity (Wildman–Crippen MR) is 115 cm³/mol. The van der Waals surface area contributed by atoms with Gasteiger partial charge in [-0.2, -0.15) is 10.2 Å². The molecule has 30 heavy (non-hydrogen) atoms. The Morgan fingerprint density at radius 2 is 1.83 bits per heavy atom. The molecule has 1 aromatic heterocycles. The Kier molecular flexibility index (Phi) is 6.75. The van der Waals surface area contributed by atoms with Crippen LogP contribution in [0.15, 0.2) is 59.7 Å². The lowest BCUT2D eigenvalue weighted by atomic mass is 10.0. The van der Waals surface area contributed by atoms with Gasteiger partial charge in [0.2, 0.25) is 0 Å². The van der Waals surface area contributed by atoms with Crippen LogP contribution in [-0.4, -0.2) is 35.4 Å². The van der Waals surface area contributed by atoms with Crippen molar-refractivity contribution in [3.8, 4) is 11.3 Å². The van der Waals surface area contributed by atoms with Gasteiger partial charge in [0.25, 0.3) is 5.91 Å². The first-order valence-electron chi connectivity index (χ1n) is 9.62. The van der Waals surface area contributed by atoms with Gasteiger partial charge in [-0.05, 0) is 41.7 Å². The highest BCUT2D eigenvalue weighted by molar-refractivity contribution is 5.94. The lowest BCUT2D eigenvalue weighted by molar-refractivity contribution is 0.0600. The van der Waals surface area contributed by atoms with Gasteiger partial charge in [-0.3, -0.25) is 9.89 Å². The molecule has 0 saturated carbocycles. The van der Waals surface area contributed by atoms with Gasteiger partial charge in [0.1, 0.15) is 5.69 Å². The third-order valence-corrected chi connectivity index (χ3v) is 4.43. The number of nitrogens with one attached hydrogen (secondary N) is 2. The number of hydrazone groups is 1. The molecule has 3 rings (SSSR count). The summed E-state index contributed by atoms with van der Waals surface area (Å²) in [7, 11) is 1.33. The first kappa shape index (κ1) is 21.0. The monoisotopic (exact) mass is 404 g/mol. The molecule has 2 aromatic carbocycles. The molecule has 0 saturated heterocycles. The van der Waals surface area contributed by atoms with Crippen molar-refractivity contribution in [2.45, 2.75) is 20.3 Å². The van der Waals surface area contributed by atoms with Gasteiger partial charge < -0.3 is 4.74 Å². The molecule has 2 N–H and O–H groups in total. The molecule has 154 valence electrons. The highest BCUT2D eigenvalue weighted by Crippen LogP contribution is 2.19. The Hall–Kier alpha value is -3.74. The average molecular weight is 404 g/mol. The zero-order chi connectivity index (χ0) is 21.5. The van der Waals surface area contributed by atoms with E-state index in [-0.39, 0.29) is 0 Å². The normalized spacial score (nSPS) is 11.1. The summed E-state index contributed by atoms with van der Waals surface area (Å²) >= 11 is 0. The number of esters is 1. The molecular formula is C23H24N4O3. The van der Waals surface area contributed by atoms with Crippen LogP contribution in [-0.2, 0) is 11.2 Å². The molecule has 0 unspecified atom stereocenters. The van der Waals surface area contributed by atoms with E-state index in [2.05, 4.69) is 51.4 Å². The largest absolute Gasteiger partial charge is 0.465 e. The van der Waals surface area contributed by atoms with Crippen LogP contribution in [0.25, 0.3) is 11.3 Å². The minimum atomic E-state index is -0.406. The van der Waals surface area contributed by atoms with Gasteiger partial charge in [0, 0.05) is 5.56 Å². The number of carbonyl (C=O) groups is 2. The van der Waals surface area contributed by atoms with Crippen molar-refractivity contribution >= 4 is 18.1 Å². The van der Waals surface area contributed by atoms with Crippen molar-refractivity contribution in [2.24, 2.45) is 11.0 Å². The number of nitrogens with zero attached hydrogens (tertiary/aromatic N) is 2. The summed E-state index contributed by atoms with van der Waals surface area (Å²) in [4.78, 5) is 23.7. The fourth-order valence-corrected chi connectivity index (χ4v) is 2.92. The third-order valence-electron chi connectivity index (χ3n) is 4.43. The SMILES string of the molecule is COC(=O)c1ccc(/C=N/NC(=O)c2cc(-c3ccc(CC(C)C)cc3)n[nH]2)cc1. The van der Waals surface area contributed by atoms with Crippen LogP contribution in [0.1, 0.15) is 45.8 Å². The molecule has 0 spiro atoms. The Bertz CT molecular complexity index is 1040. The maximum atomic E-state index is 12.3. The predicted octanol–water partition coefficient (Wildman–Crippen LogP) is 3.83. The van der Waals surface area contributed by atoms with E-state index in [0.717, 1.165) is 17.5 Å². The second-order valence-electron chi connectivity index (χ2n) is 7.27. The second-order valence-corrected chi connectivity index (χ2v) is 7.27. The summed E-state index contributed by atoms with van der Waals surface area (Å²) in [6.07, 6.45) is 2.52. The zero-order valence-corrected chi connectivity index (χ0v) is 17.2. The molecule has 0 radical (unpaired) electrons. The van der Waals surface area contributed by atoms with Crippen LogP contribution in [0.3, 0.4) is 0 Å². The molecule has 0 fully saturated rings. The number of hydrogen-bond acceptors (Lipinski definition) is 5. The first-order chi connectivity index (χ1) is 14.5. The van der Waals surface area contributed by atoms with Gasteiger partial charge in [0.15, 0.2) is 0 Å². The van der Waals surface area contributed by atoms with Crippen LogP contribution in [0.2, 0.25) is 0 Å². The fraction of sp³-hybridized carbons (Fsp3) is 0.217. The van der Waals surface area contributed by atoms with Gasteiger partial charge in [-0.1, -0.05) is 50.2 Å². The fourth-order valence-electron chi connectivity index (χ4n) is 2.92. The van der Waals surface area contributed by atoms with Gasteiger partial charge >= 0.3 is 5.97 Å². The Labute approximate surface area is 175 Å². The topological polar surface area (TPSA) is 96.4 Å². The number of rotatable bonds is 7. The number of aromatic nitrogens is 2. The summed E-state index contributed by atoms with van der Waals surface area (Å²) < 4.78 is 4.65. The Morgan fingerprint density at radius 3 is 2.47 bits per heavy atom. The molecule has 0 atom stereocenters. The highest BCUT2D eigenvalue weighted by Gasteiger charge is 2.11. The molecule has 0 bridgehead atoms. The number of amides is 1. The standard InChI is InChI=1S/C23H24N4O3/c1-15(2)12-16-4-8-18(9-5-16)20-13-21(26-25-20)22(28)27-24-14-17-6-10-19(11-7-17)23(29)30-3/h4-11,13-15H,12H2,1-3H3,(H,25,26)(H,27,28)/b24-14+. The first-order valence-corrected chi connectivity index (χ1v) is 9.62. The number of aromatic amines is 1. The van der Waals surface area contributed by atoms with Gasteiger partial charge in [-0.25, -0.2) is 10.2 Å². The maximum absolute atomic E-state index is 12.3. The van der Waals surface area contributed by atoms with E-state index < -0.39 is 11.9 Å². The summed E-state index contributed by atoms with van der Waals surface area (Å²) in [5.41, 5.74) is 6.85. The van der Waals surface area contributed by atoms with Crippen LogP contribution >= 0.6 is 0 Å². The van der Waals surface area contributed by atoms with E-state index >= 15 is 0 Å². The molecule has 1 heterocycles. The van der Waals surface area contributed by atoms with Crippen molar-refractivity contribution in [2.75, 3.05) is 7.11 Å². The number of ether oxygens (including phenoxy) is 1. The zero-order valence-electron chi connectivity index (χ0n) is 17.2. The van der Waals surface area contributed by atoms with E-state index in [4.69, 9.17) is 0 Å². The maximum Gasteiger partial charge on any atom is 0.337 e. The lowest BCUT2D eigenvalue weighted by Gasteiger charge is -2.05. The number of hydrogen-bond donors (Lipinski definition) is 2. The van der Waals surface area contributed by atoms with Gasteiger partial charge in [0.05, 0.1) is 24.6 Å². The molecular weight excluding hydrogens is 380 g/mol. The van der Waals surface area contributed by atoms with E-state index in [9.17, 15) is 9.59 Å². The Morgan fingerprint density at radius 1 is 1.13 bits per heavy atom. The molecule has 7 nitrogen and oxygen atoms in total. The van der Waals surface area contributed by atoms with Gasteiger partial charge in [-0.15, -0.1) is 0 Å². The van der Waals surface area contributed by atoms with Crippen LogP contribution < -0.4 is 5.43 Å². The van der Waals surface area contributed by atoms with Crippen molar-refractivity contribution in [3.63, 3.8) is 0 Å². The molecule has 0 aliphatic heterocycles. The summed E-state index contributed by atoms with van der Waals surface area (Å²) in [5, 5.41) is 10.9. The quantitative estimate of drug-likeness (QED) is 0.355. The van der Waals surface area contributed by atoms with Crippen LogP contribution in [0, 0.1) is 5.92 Å². The summed E-state index contributed by atoms with van der Waals surface area (Å²) in [6.45, 7) is 4.37. The summed E-state index contributed by atoms with van der Waals surface area (Å²) in [5.74, 6) is -0.202. The molecule has 0 aliphatic carbocycles. The molecule has 7 heteroatoms. The van der Waals surface area contributed by atoms with E-state index in [0.29, 0.717) is 22.9 Å². The third kappa shape index (κ3) is 5.41. The molecule has 3 aromatic rings. The smallest absolute Gasteiger partial charge is 0.337 e. The van der Waals surface area contributed by atoms with Crippen molar-refractivity contribution in [1.29, 1.82) is 0 Å². The highest BCUT2D eigenvalue weighted by atomic mass is 16.5. The second kappa shape index (κ2) is 9.65. The van der Waals surface area contributed by atoms with E-state index in [1.165, 1.54) is 18.9 Å². The van der Waals surface area contributed by atoms with Crippen molar-refractivity contribution in [3.05, 3.63) is 77.0 Å². The Balaban J connectivity index is 1.59. The number of benzene rings is 2. The van der Waals surface area contributed by atoms with E-state index in [1.807, 2.05) is 12.1 Å². The number of H-pyrrole nitrogens is 1. The lowest BCUT2D eigenvalue weighted by Crippen LogP contribution is -2.18. The van der Waals surface area contributed by atoms with Crippen LogP contribution in [0.4, 0.5) is 0 Å². The number of methoxy groups -OCH3 is 1. The minimum absolute atomic E-state index is 0.314. The van der Waals surface area contributed by atoms with Crippen molar-refractivity contribution in [1.82, 2.24) is 15.6 Å². The van der Waals surface area contributed by atoms with Crippen LogP contribution in [0.5, 0.6) is 0 Å². The molecule has 0 aliphatic rings. The number of carbonyl (C=O) groups excluding carboxylic acids is 2. The van der Waals surface area contributed by atoms with E-state index in [1.54, 1.807) is 30.3 Å². The summed E-state index contributed by atoms with van der Waals surface area (Å²) in [6, 6.07) is 16.5. The van der Waals surface area contributed by atoms with Crippen molar-refractivity contribution < 1.29 is 14.3 Å². The minimum Gasteiger partial charge on any atom is -0.465 e. The molecule has 1 amide bonds. The average Bonchev–Trinajstić information content (AvgIpc) is 3.24.